The summed E-state index contributed by atoms with van der Waals surface area (Å²) in [5.74, 6) is 0.624. The Morgan fingerprint density at radius 3 is 2.81 bits per heavy atom. The lowest BCUT2D eigenvalue weighted by atomic mass is 9.66. The van der Waals surface area contributed by atoms with Gasteiger partial charge in [0.1, 0.15) is 0 Å². The fourth-order valence-corrected chi connectivity index (χ4v) is 7.06. The van der Waals surface area contributed by atoms with Crippen molar-refractivity contribution in [2.24, 2.45) is 23.0 Å². The molecule has 2 N–H and O–H groups in total. The highest BCUT2D eigenvalue weighted by molar-refractivity contribution is 6.11. The Labute approximate surface area is 152 Å². The normalized spacial score (nSPS) is 43.8. The third-order valence-corrected chi connectivity index (χ3v) is 8.32. The predicted octanol–water partition coefficient (Wildman–Crippen LogP) is 1.84. The number of nitrogens with two attached hydrogens (primary N) is 1. The van der Waals surface area contributed by atoms with Crippen molar-refractivity contribution in [2.75, 3.05) is 13.2 Å². The highest BCUT2D eigenvalue weighted by Crippen LogP contribution is 2.65. The van der Waals surface area contributed by atoms with Crippen molar-refractivity contribution in [3.8, 4) is 0 Å². The van der Waals surface area contributed by atoms with Crippen LogP contribution in [0.15, 0.2) is 33.6 Å². The van der Waals surface area contributed by atoms with Gasteiger partial charge in [-0.25, -0.2) is 4.79 Å². The van der Waals surface area contributed by atoms with Crippen molar-refractivity contribution < 1.29 is 14.3 Å². The van der Waals surface area contributed by atoms with Crippen LogP contribution in [0.4, 0.5) is 0 Å². The number of allylic oxidation sites excluding steroid dienone is 1. The molecule has 2 bridgehead atoms. The van der Waals surface area contributed by atoms with Gasteiger partial charge in [0.2, 0.25) is 0 Å². The van der Waals surface area contributed by atoms with Gasteiger partial charge >= 0.3 is 5.97 Å². The number of hydrogen-bond donors (Lipinski definition) is 1. The first-order valence-corrected chi connectivity index (χ1v) is 9.89. The minimum Gasteiger partial charge on any atom is -0.462 e. The molecule has 0 aromatic carbocycles. The Morgan fingerprint density at radius 1 is 1.19 bits per heavy atom. The molecule has 0 spiro atoms. The number of ketones is 1. The van der Waals surface area contributed by atoms with Gasteiger partial charge in [-0.05, 0) is 36.8 Å². The zero-order valence-corrected chi connectivity index (χ0v) is 15.3. The molecular weight excluding hydrogens is 328 g/mol. The second-order valence-corrected chi connectivity index (χ2v) is 9.06. The van der Waals surface area contributed by atoms with Gasteiger partial charge in [-0.3, -0.25) is 9.69 Å². The van der Waals surface area contributed by atoms with Crippen molar-refractivity contribution in [1.82, 2.24) is 4.90 Å². The number of Topliss-reactive ketones (excluding diaryl/α,β-unsaturated/α-hetero) is 1. The summed E-state index contributed by atoms with van der Waals surface area (Å²) >= 11 is 0. The fraction of sp³-hybridized carbons (Fsp3) is 0.619. The van der Waals surface area contributed by atoms with Crippen LogP contribution in [0, 0.1) is 17.3 Å². The number of nitrogens with zero attached hydrogens (tertiary/aromatic N) is 1. The molecular formula is C21H24N2O3. The average molecular weight is 352 g/mol. The predicted molar refractivity (Wildman–Crippen MR) is 94.7 cm³/mol. The molecule has 0 aromatic heterocycles. The average Bonchev–Trinajstić information content (AvgIpc) is 3.18. The number of hydrogen-bond acceptors (Lipinski definition) is 5. The Kier molecular flexibility index (Phi) is 2.63. The maximum Gasteiger partial charge on any atom is 0.339 e. The number of rotatable bonds is 0. The van der Waals surface area contributed by atoms with Crippen LogP contribution in [0.1, 0.15) is 39.5 Å². The van der Waals surface area contributed by atoms with Crippen molar-refractivity contribution in [1.29, 1.82) is 0 Å². The summed E-state index contributed by atoms with van der Waals surface area (Å²) in [6.45, 7) is 6.02. The van der Waals surface area contributed by atoms with Crippen LogP contribution >= 0.6 is 0 Å². The van der Waals surface area contributed by atoms with Crippen LogP contribution in [0.2, 0.25) is 0 Å². The van der Waals surface area contributed by atoms with E-state index in [1.54, 1.807) is 0 Å². The number of cyclic esters (lactones) is 1. The first kappa shape index (κ1) is 15.2. The molecule has 5 atom stereocenters. The number of esters is 1. The van der Waals surface area contributed by atoms with Crippen LogP contribution in [0.25, 0.3) is 0 Å². The van der Waals surface area contributed by atoms with E-state index in [0.29, 0.717) is 43.0 Å². The topological polar surface area (TPSA) is 72.6 Å². The van der Waals surface area contributed by atoms with Crippen molar-refractivity contribution >= 4 is 11.8 Å². The molecule has 0 amide bonds. The molecule has 5 nitrogen and oxygen atoms in total. The Bertz CT molecular complexity index is 895. The van der Waals surface area contributed by atoms with Gasteiger partial charge in [0.15, 0.2) is 5.78 Å². The summed E-state index contributed by atoms with van der Waals surface area (Å²) in [5, 5.41) is 0. The zero-order chi connectivity index (χ0) is 18.0. The van der Waals surface area contributed by atoms with Gasteiger partial charge in [0, 0.05) is 59.6 Å². The molecule has 3 aliphatic heterocycles. The number of ether oxygens (including phenoxy) is 1. The number of fused-ring (bicyclic) bond motifs is 3. The Hall–Kier alpha value is -1.88. The van der Waals surface area contributed by atoms with E-state index >= 15 is 0 Å². The van der Waals surface area contributed by atoms with E-state index in [1.807, 2.05) is 0 Å². The molecule has 0 aromatic rings. The monoisotopic (exact) mass is 352 g/mol. The van der Waals surface area contributed by atoms with Crippen LogP contribution in [-0.4, -0.2) is 41.9 Å². The largest absolute Gasteiger partial charge is 0.462 e. The second-order valence-electron chi connectivity index (χ2n) is 9.06. The van der Waals surface area contributed by atoms with E-state index in [1.165, 1.54) is 0 Å². The summed E-state index contributed by atoms with van der Waals surface area (Å²) in [6, 6.07) is 0.804. The minimum atomic E-state index is -0.287. The van der Waals surface area contributed by atoms with Gasteiger partial charge in [-0.2, -0.15) is 0 Å². The third kappa shape index (κ3) is 1.43. The van der Waals surface area contributed by atoms with Crippen LogP contribution < -0.4 is 5.73 Å². The van der Waals surface area contributed by atoms with E-state index < -0.39 is 0 Å². The zero-order valence-electron chi connectivity index (χ0n) is 15.3. The van der Waals surface area contributed by atoms with E-state index in [9.17, 15) is 9.59 Å². The number of carbonyl (C=O) groups excluding carboxylic acids is 2. The summed E-state index contributed by atoms with van der Waals surface area (Å²) < 4.78 is 5.39. The van der Waals surface area contributed by atoms with Crippen molar-refractivity contribution in [3.05, 3.63) is 33.6 Å². The SMILES string of the molecule is CC1C2CC3N1CC1CCC(=O)C4=C(C(=C2N)C2=C4CCOC2=O)C13C. The molecule has 6 aliphatic rings. The molecule has 0 saturated carbocycles. The fourth-order valence-electron chi connectivity index (χ4n) is 7.06. The van der Waals surface area contributed by atoms with Crippen molar-refractivity contribution in [3.63, 3.8) is 0 Å². The summed E-state index contributed by atoms with van der Waals surface area (Å²) in [6.07, 6.45) is 3.19. The standard InChI is InChI=1S/C21H24N2O3/c1-9-12-7-14-21(2)10(8-23(9)14)3-4-13(24)15-11-5-6-26-20(25)16(11)17(18(15)21)19(12)22/h9-10,12,14H,3-8,22H2,1-2H3. The van der Waals surface area contributed by atoms with Gasteiger partial charge in [0.25, 0.3) is 0 Å². The van der Waals surface area contributed by atoms with Gasteiger partial charge in [-0.1, -0.05) is 6.92 Å². The van der Waals surface area contributed by atoms with E-state index in [4.69, 9.17) is 10.5 Å². The lowest BCUT2D eigenvalue weighted by Gasteiger charge is -2.38. The maximum absolute atomic E-state index is 13.2. The number of carbonyl (C=O) groups is 2. The molecule has 26 heavy (non-hydrogen) atoms. The lowest BCUT2D eigenvalue weighted by molar-refractivity contribution is -0.139. The third-order valence-electron chi connectivity index (χ3n) is 8.32. The first-order valence-electron chi connectivity index (χ1n) is 9.89. The quantitative estimate of drug-likeness (QED) is 0.674. The molecule has 3 aliphatic carbocycles. The van der Waals surface area contributed by atoms with E-state index in [-0.39, 0.29) is 23.1 Å². The smallest absolute Gasteiger partial charge is 0.339 e. The minimum absolute atomic E-state index is 0.0986. The molecule has 2 fully saturated rings. The molecule has 5 unspecified atom stereocenters. The first-order chi connectivity index (χ1) is 12.4. The molecule has 6 rings (SSSR count). The van der Waals surface area contributed by atoms with Crippen LogP contribution in [0.3, 0.4) is 0 Å². The lowest BCUT2D eigenvalue weighted by Crippen LogP contribution is -2.40. The van der Waals surface area contributed by atoms with E-state index in [2.05, 4.69) is 18.7 Å². The van der Waals surface area contributed by atoms with Crippen LogP contribution in [-0.2, 0) is 14.3 Å². The van der Waals surface area contributed by atoms with E-state index in [0.717, 1.165) is 47.4 Å². The van der Waals surface area contributed by atoms with Gasteiger partial charge in [-0.15, -0.1) is 0 Å². The highest BCUT2D eigenvalue weighted by Gasteiger charge is 2.64. The van der Waals surface area contributed by atoms with Crippen molar-refractivity contribution in [2.45, 2.75) is 51.6 Å². The summed E-state index contributed by atoms with van der Waals surface area (Å²) in [5.41, 5.74) is 11.9. The highest BCUT2D eigenvalue weighted by atomic mass is 16.5. The molecule has 2 saturated heterocycles. The van der Waals surface area contributed by atoms with Gasteiger partial charge < -0.3 is 10.5 Å². The van der Waals surface area contributed by atoms with Crippen LogP contribution in [0.5, 0.6) is 0 Å². The Morgan fingerprint density at radius 2 is 2.00 bits per heavy atom. The molecule has 0 radical (unpaired) electrons. The summed E-state index contributed by atoms with van der Waals surface area (Å²) in [7, 11) is 0. The molecule has 5 heteroatoms. The summed E-state index contributed by atoms with van der Waals surface area (Å²) in [4.78, 5) is 28.5. The molecule has 136 valence electrons. The Balaban J connectivity index is 1.74. The second kappa shape index (κ2) is 4.50. The maximum atomic E-state index is 13.2. The van der Waals surface area contributed by atoms with Gasteiger partial charge in [0.05, 0.1) is 12.2 Å². The molecule has 3 heterocycles.